The van der Waals surface area contributed by atoms with Crippen molar-refractivity contribution in [3.8, 4) is 0 Å². The summed E-state index contributed by atoms with van der Waals surface area (Å²) in [4.78, 5) is 31.2. The fourth-order valence-electron chi connectivity index (χ4n) is 2.65. The number of nitrogens with zero attached hydrogens (tertiary/aromatic N) is 3. The maximum Gasteiger partial charge on any atom is 0.327 e. The molecule has 0 aromatic rings. The Balaban J connectivity index is 2.20. The molecule has 0 aromatic carbocycles. The Kier molecular flexibility index (Phi) is 3.99. The van der Waals surface area contributed by atoms with Gasteiger partial charge in [-0.3, -0.25) is 14.7 Å². The van der Waals surface area contributed by atoms with Crippen LogP contribution < -0.4 is 0 Å². The Labute approximate surface area is 122 Å². The highest BCUT2D eigenvalue weighted by atomic mass is 79.9. The minimum atomic E-state index is -0.404. The quantitative estimate of drug-likeness (QED) is 0.730. The van der Waals surface area contributed by atoms with Crippen LogP contribution in [0.1, 0.15) is 26.7 Å². The van der Waals surface area contributed by atoms with E-state index in [1.165, 1.54) is 18.4 Å². The molecule has 5 nitrogen and oxygen atoms in total. The molecule has 2 rings (SSSR count). The molecular formula is C13H20BrN3O2. The number of aliphatic imine (C=N–C) groups is 1. The molecule has 2 fully saturated rings. The van der Waals surface area contributed by atoms with Gasteiger partial charge in [-0.1, -0.05) is 6.92 Å². The van der Waals surface area contributed by atoms with Gasteiger partial charge in [-0.15, -0.1) is 0 Å². The van der Waals surface area contributed by atoms with Crippen LogP contribution in [0.3, 0.4) is 0 Å². The minimum absolute atomic E-state index is 0.168. The van der Waals surface area contributed by atoms with Crippen molar-refractivity contribution >= 4 is 32.5 Å². The van der Waals surface area contributed by atoms with E-state index in [-0.39, 0.29) is 17.9 Å². The van der Waals surface area contributed by atoms with Gasteiger partial charge < -0.3 is 4.90 Å². The van der Waals surface area contributed by atoms with Crippen molar-refractivity contribution in [1.29, 1.82) is 0 Å². The van der Waals surface area contributed by atoms with E-state index in [0.29, 0.717) is 11.8 Å². The van der Waals surface area contributed by atoms with Gasteiger partial charge in [-0.05, 0) is 41.6 Å². The van der Waals surface area contributed by atoms with E-state index in [2.05, 4.69) is 27.8 Å². The van der Waals surface area contributed by atoms with Gasteiger partial charge in [0.2, 0.25) is 5.91 Å². The number of urea groups is 1. The van der Waals surface area contributed by atoms with Crippen LogP contribution in [0.15, 0.2) is 4.99 Å². The van der Waals surface area contributed by atoms with E-state index in [0.717, 1.165) is 15.9 Å². The maximum atomic E-state index is 12.0. The van der Waals surface area contributed by atoms with E-state index < -0.39 is 6.17 Å². The SMILES string of the molecule is CC1CCC1/C(Br)=N\C1C(C)C(=O)N(C)C(=O)N1C. The highest BCUT2D eigenvalue weighted by Gasteiger charge is 2.41. The van der Waals surface area contributed by atoms with Crippen LogP contribution in [-0.4, -0.2) is 46.6 Å². The second-order valence-corrected chi connectivity index (χ2v) is 6.42. The van der Waals surface area contributed by atoms with Crippen molar-refractivity contribution in [1.82, 2.24) is 9.80 Å². The first-order chi connectivity index (χ1) is 8.84. The average molecular weight is 330 g/mol. The van der Waals surface area contributed by atoms with Crippen LogP contribution in [0.2, 0.25) is 0 Å². The third-order valence-electron chi connectivity index (χ3n) is 4.33. The number of amides is 3. The van der Waals surface area contributed by atoms with Crippen molar-refractivity contribution in [3.63, 3.8) is 0 Å². The van der Waals surface area contributed by atoms with Crippen LogP contribution >= 0.6 is 15.9 Å². The smallest absolute Gasteiger partial charge is 0.304 e. The van der Waals surface area contributed by atoms with Crippen molar-refractivity contribution in [2.75, 3.05) is 14.1 Å². The van der Waals surface area contributed by atoms with Gasteiger partial charge in [-0.25, -0.2) is 4.79 Å². The summed E-state index contributed by atoms with van der Waals surface area (Å²) in [7, 11) is 3.21. The summed E-state index contributed by atoms with van der Waals surface area (Å²) >= 11 is 3.53. The van der Waals surface area contributed by atoms with Gasteiger partial charge in [0, 0.05) is 20.0 Å². The lowest BCUT2D eigenvalue weighted by atomic mass is 9.76. The molecule has 1 saturated heterocycles. The summed E-state index contributed by atoms with van der Waals surface area (Å²) in [6.07, 6.45) is 1.93. The first-order valence-electron chi connectivity index (χ1n) is 6.62. The standard InChI is InChI=1S/C13H20BrN3O2/c1-7-5-6-9(7)10(14)15-11-8(2)12(18)17(4)13(19)16(11)3/h7-9,11H,5-6H2,1-4H3/b15-10+. The van der Waals surface area contributed by atoms with Crippen LogP contribution in [0.25, 0.3) is 0 Å². The minimum Gasteiger partial charge on any atom is -0.304 e. The Morgan fingerprint density at radius 1 is 1.26 bits per heavy atom. The second kappa shape index (κ2) is 5.23. The molecule has 3 amide bonds. The molecule has 4 unspecified atom stereocenters. The lowest BCUT2D eigenvalue weighted by Crippen LogP contribution is -2.57. The normalized spacial score (nSPS) is 36.6. The fourth-order valence-corrected chi connectivity index (χ4v) is 3.54. The molecule has 0 N–H and O–H groups in total. The Hall–Kier alpha value is -0.910. The van der Waals surface area contributed by atoms with Gasteiger partial charge in [0.25, 0.3) is 0 Å². The molecule has 0 spiro atoms. The van der Waals surface area contributed by atoms with E-state index in [4.69, 9.17) is 0 Å². The molecule has 2 aliphatic rings. The summed E-state index contributed by atoms with van der Waals surface area (Å²) in [5.74, 6) is 0.580. The first kappa shape index (κ1) is 14.5. The molecular weight excluding hydrogens is 310 g/mol. The van der Waals surface area contributed by atoms with Crippen molar-refractivity contribution < 1.29 is 9.59 Å². The Bertz CT molecular complexity index is 416. The summed E-state index contributed by atoms with van der Waals surface area (Å²) in [5.41, 5.74) is 0. The van der Waals surface area contributed by atoms with Gasteiger partial charge >= 0.3 is 6.03 Å². The highest BCUT2D eigenvalue weighted by molar-refractivity contribution is 9.18. The van der Waals surface area contributed by atoms with Crippen molar-refractivity contribution in [3.05, 3.63) is 0 Å². The molecule has 1 aliphatic carbocycles. The molecule has 6 heteroatoms. The predicted octanol–water partition coefficient (Wildman–Crippen LogP) is 2.31. The topological polar surface area (TPSA) is 53.0 Å². The largest absolute Gasteiger partial charge is 0.327 e. The molecule has 0 bridgehead atoms. The van der Waals surface area contributed by atoms with Crippen LogP contribution in [0.4, 0.5) is 4.79 Å². The second-order valence-electron chi connectivity index (χ2n) is 5.61. The van der Waals surface area contributed by atoms with Gasteiger partial charge in [-0.2, -0.15) is 0 Å². The van der Waals surface area contributed by atoms with Crippen molar-refractivity contribution in [2.45, 2.75) is 32.9 Å². The molecule has 1 heterocycles. The summed E-state index contributed by atoms with van der Waals surface area (Å²) in [6, 6.07) is -0.293. The number of carbonyl (C=O) groups is 2. The Morgan fingerprint density at radius 3 is 2.37 bits per heavy atom. The molecule has 19 heavy (non-hydrogen) atoms. The number of halogens is 1. The third kappa shape index (κ3) is 2.42. The first-order valence-corrected chi connectivity index (χ1v) is 7.41. The number of imide groups is 1. The molecule has 1 saturated carbocycles. The summed E-state index contributed by atoms with van der Waals surface area (Å²) in [5, 5.41) is 0. The van der Waals surface area contributed by atoms with E-state index in [1.807, 2.05) is 6.92 Å². The molecule has 0 radical (unpaired) electrons. The molecule has 0 aromatic heterocycles. The molecule has 4 atom stereocenters. The van der Waals surface area contributed by atoms with Crippen LogP contribution in [0, 0.1) is 17.8 Å². The zero-order valence-electron chi connectivity index (χ0n) is 11.8. The number of carbonyl (C=O) groups excluding carboxylic acids is 2. The van der Waals surface area contributed by atoms with Crippen LogP contribution in [-0.2, 0) is 4.79 Å². The number of rotatable bonds is 2. The fraction of sp³-hybridized carbons (Fsp3) is 0.769. The van der Waals surface area contributed by atoms with Gasteiger partial charge in [0.1, 0.15) is 6.17 Å². The monoisotopic (exact) mass is 329 g/mol. The molecule has 106 valence electrons. The molecule has 1 aliphatic heterocycles. The number of hydrogen-bond acceptors (Lipinski definition) is 3. The lowest BCUT2D eigenvalue weighted by Gasteiger charge is -2.39. The summed E-state index contributed by atoms with van der Waals surface area (Å²) < 4.78 is 0.889. The van der Waals surface area contributed by atoms with Gasteiger partial charge in [0.05, 0.1) is 10.5 Å². The average Bonchev–Trinajstić information content (AvgIpc) is 2.37. The zero-order valence-corrected chi connectivity index (χ0v) is 13.3. The zero-order chi connectivity index (χ0) is 14.3. The highest BCUT2D eigenvalue weighted by Crippen LogP contribution is 2.37. The summed E-state index contributed by atoms with van der Waals surface area (Å²) in [6.45, 7) is 4.02. The number of hydrogen-bond donors (Lipinski definition) is 0. The maximum absolute atomic E-state index is 12.0. The van der Waals surface area contributed by atoms with Crippen molar-refractivity contribution in [2.24, 2.45) is 22.7 Å². The van der Waals surface area contributed by atoms with Crippen LogP contribution in [0.5, 0.6) is 0 Å². The van der Waals surface area contributed by atoms with E-state index in [1.54, 1.807) is 7.05 Å². The lowest BCUT2D eigenvalue weighted by molar-refractivity contribution is -0.136. The van der Waals surface area contributed by atoms with E-state index in [9.17, 15) is 9.59 Å². The van der Waals surface area contributed by atoms with E-state index >= 15 is 0 Å². The predicted molar refractivity (Wildman–Crippen MR) is 77.1 cm³/mol. The Morgan fingerprint density at radius 2 is 1.89 bits per heavy atom. The van der Waals surface area contributed by atoms with Gasteiger partial charge in [0.15, 0.2) is 0 Å². The third-order valence-corrected chi connectivity index (χ3v) is 5.13.